The van der Waals surface area contributed by atoms with E-state index in [0.29, 0.717) is 13.1 Å². The highest BCUT2D eigenvalue weighted by atomic mass is 32.2. The molecule has 0 saturated carbocycles. The summed E-state index contributed by atoms with van der Waals surface area (Å²) in [6, 6.07) is 0. The summed E-state index contributed by atoms with van der Waals surface area (Å²) in [5, 5.41) is 0. The molecule has 0 aromatic rings. The molecule has 0 atom stereocenters. The Morgan fingerprint density at radius 1 is 1.05 bits per heavy atom. The maximum atomic E-state index is 12.2. The molecule has 0 spiro atoms. The summed E-state index contributed by atoms with van der Waals surface area (Å²) >= 11 is 0. The van der Waals surface area contributed by atoms with Gasteiger partial charge in [0.1, 0.15) is 0 Å². The van der Waals surface area contributed by atoms with E-state index in [-0.39, 0.29) is 11.3 Å². The van der Waals surface area contributed by atoms with Gasteiger partial charge in [-0.25, -0.2) is 8.42 Å². The average Bonchev–Trinajstić information content (AvgIpc) is 2.33. The van der Waals surface area contributed by atoms with Gasteiger partial charge in [-0.05, 0) is 40.2 Å². The molecule has 19 heavy (non-hydrogen) atoms. The average molecular weight is 292 g/mol. The Balaban J connectivity index is 4.95. The zero-order valence-corrected chi connectivity index (χ0v) is 14.3. The number of sulfone groups is 1. The fraction of sp³-hybridized carbons (Fsp3) is 1.00. The Morgan fingerprint density at radius 3 is 1.79 bits per heavy atom. The molecule has 0 radical (unpaired) electrons. The van der Waals surface area contributed by atoms with Crippen molar-refractivity contribution < 1.29 is 8.42 Å². The highest BCUT2D eigenvalue weighted by Gasteiger charge is 2.34. The first-order valence-electron chi connectivity index (χ1n) is 7.27. The van der Waals surface area contributed by atoms with Crippen molar-refractivity contribution in [2.45, 2.75) is 64.7 Å². The van der Waals surface area contributed by atoms with Gasteiger partial charge >= 0.3 is 0 Å². The van der Waals surface area contributed by atoms with Gasteiger partial charge in [0.05, 0.1) is 10.5 Å². The molecule has 116 valence electrons. The van der Waals surface area contributed by atoms with Crippen LogP contribution in [0.15, 0.2) is 0 Å². The van der Waals surface area contributed by atoms with Gasteiger partial charge in [-0.15, -0.1) is 0 Å². The number of hydrogen-bond donors (Lipinski definition) is 1. The fourth-order valence-corrected chi connectivity index (χ4v) is 3.46. The summed E-state index contributed by atoms with van der Waals surface area (Å²) in [7, 11) is -3.07. The summed E-state index contributed by atoms with van der Waals surface area (Å²) in [6.45, 7) is 13.6. The molecule has 2 N–H and O–H groups in total. The molecule has 0 aromatic heterocycles. The normalized spacial score (nSPS) is 14.1. The molecule has 0 fully saturated rings. The smallest absolute Gasteiger partial charge is 0.156 e. The minimum absolute atomic E-state index is 0.0673. The lowest BCUT2D eigenvalue weighted by molar-refractivity contribution is 0.0979. The second kappa shape index (κ2) is 7.04. The van der Waals surface area contributed by atoms with Crippen molar-refractivity contribution in [3.63, 3.8) is 0 Å². The summed E-state index contributed by atoms with van der Waals surface area (Å²) < 4.78 is 23.7. The number of nitrogens with two attached hydrogens (primary N) is 1. The lowest BCUT2D eigenvalue weighted by Crippen LogP contribution is -2.54. The lowest BCUT2D eigenvalue weighted by Gasteiger charge is -2.42. The molecule has 0 saturated heterocycles. The maximum Gasteiger partial charge on any atom is 0.156 e. The minimum Gasteiger partial charge on any atom is -0.329 e. The van der Waals surface area contributed by atoms with E-state index < -0.39 is 14.6 Å². The molecule has 0 aliphatic heterocycles. The molecular formula is C14H32N2O2S. The van der Waals surface area contributed by atoms with Gasteiger partial charge in [0, 0.05) is 18.6 Å². The third-order valence-corrected chi connectivity index (χ3v) is 6.90. The van der Waals surface area contributed by atoms with E-state index in [9.17, 15) is 8.42 Å². The van der Waals surface area contributed by atoms with E-state index in [1.165, 1.54) is 0 Å². The molecule has 0 aromatic carbocycles. The van der Waals surface area contributed by atoms with Crippen LogP contribution in [-0.2, 0) is 9.84 Å². The highest BCUT2D eigenvalue weighted by molar-refractivity contribution is 7.92. The molecule has 0 aliphatic rings. The van der Waals surface area contributed by atoms with Gasteiger partial charge in [0.15, 0.2) is 9.84 Å². The number of hydrogen-bond acceptors (Lipinski definition) is 4. The van der Waals surface area contributed by atoms with E-state index in [1.807, 2.05) is 0 Å². The monoisotopic (exact) mass is 292 g/mol. The Labute approximate surface area is 119 Å². The Kier molecular flexibility index (Phi) is 7.00. The molecular weight excluding hydrogens is 260 g/mol. The lowest BCUT2D eigenvalue weighted by atomic mass is 9.90. The Bertz CT molecular complexity index is 346. The van der Waals surface area contributed by atoms with Crippen LogP contribution in [0.4, 0.5) is 0 Å². The first-order chi connectivity index (χ1) is 8.60. The molecule has 0 aliphatic carbocycles. The number of likely N-dealkylation sites (N-methyl/N-ethyl adjacent to an activating group) is 1. The first-order valence-corrected chi connectivity index (χ1v) is 8.92. The van der Waals surface area contributed by atoms with Gasteiger partial charge in [0.25, 0.3) is 0 Å². The van der Waals surface area contributed by atoms with Crippen LogP contribution in [0, 0.1) is 0 Å². The van der Waals surface area contributed by atoms with Gasteiger partial charge < -0.3 is 5.73 Å². The van der Waals surface area contributed by atoms with Crippen molar-refractivity contribution in [1.29, 1.82) is 0 Å². The molecule has 0 amide bonds. The molecule has 4 nitrogen and oxygen atoms in total. The molecule has 0 unspecified atom stereocenters. The van der Waals surface area contributed by atoms with Gasteiger partial charge in [-0.2, -0.15) is 0 Å². The second-order valence-electron chi connectivity index (χ2n) is 6.15. The topological polar surface area (TPSA) is 63.4 Å². The van der Waals surface area contributed by atoms with E-state index >= 15 is 0 Å². The summed E-state index contributed by atoms with van der Waals surface area (Å²) in [5.41, 5.74) is 5.87. The van der Waals surface area contributed by atoms with E-state index in [0.717, 1.165) is 19.4 Å². The SMILES string of the molecule is CCN(CCS(=O)(=O)C(C)(C)C)C(CC)(CC)CN. The van der Waals surface area contributed by atoms with Crippen molar-refractivity contribution in [3.8, 4) is 0 Å². The van der Waals surface area contributed by atoms with Crippen LogP contribution in [0.1, 0.15) is 54.4 Å². The van der Waals surface area contributed by atoms with Crippen molar-refractivity contribution in [2.75, 3.05) is 25.4 Å². The highest BCUT2D eigenvalue weighted by Crippen LogP contribution is 2.24. The van der Waals surface area contributed by atoms with E-state index in [2.05, 4.69) is 25.7 Å². The number of nitrogens with zero attached hydrogens (tertiary/aromatic N) is 1. The van der Waals surface area contributed by atoms with Crippen LogP contribution in [0.5, 0.6) is 0 Å². The molecule has 5 heteroatoms. The van der Waals surface area contributed by atoms with Crippen molar-refractivity contribution >= 4 is 9.84 Å². The van der Waals surface area contributed by atoms with Crippen LogP contribution in [0.25, 0.3) is 0 Å². The predicted molar refractivity (Wildman–Crippen MR) is 83.2 cm³/mol. The van der Waals surface area contributed by atoms with Crippen molar-refractivity contribution in [1.82, 2.24) is 4.90 Å². The van der Waals surface area contributed by atoms with Gasteiger partial charge in [-0.3, -0.25) is 4.90 Å². The van der Waals surface area contributed by atoms with Gasteiger partial charge in [0.2, 0.25) is 0 Å². The standard InChI is InChI=1S/C14H32N2O2S/c1-7-14(8-2,12-15)16(9-3)10-11-19(17,18)13(4,5)6/h7-12,15H2,1-6H3. The zero-order valence-electron chi connectivity index (χ0n) is 13.5. The maximum absolute atomic E-state index is 12.2. The summed E-state index contributed by atoms with van der Waals surface area (Å²) in [5.74, 6) is 0.200. The zero-order chi connectivity index (χ0) is 15.3. The summed E-state index contributed by atoms with van der Waals surface area (Å²) in [6.07, 6.45) is 1.90. The van der Waals surface area contributed by atoms with Crippen LogP contribution in [0.2, 0.25) is 0 Å². The second-order valence-corrected chi connectivity index (χ2v) is 9.01. The predicted octanol–water partition coefficient (Wildman–Crippen LogP) is 2.04. The Morgan fingerprint density at radius 2 is 1.53 bits per heavy atom. The third kappa shape index (κ3) is 4.43. The third-order valence-electron chi connectivity index (χ3n) is 4.31. The quantitative estimate of drug-likeness (QED) is 0.743. The van der Waals surface area contributed by atoms with Crippen LogP contribution in [0.3, 0.4) is 0 Å². The van der Waals surface area contributed by atoms with E-state index in [4.69, 9.17) is 5.73 Å². The van der Waals surface area contributed by atoms with Crippen LogP contribution < -0.4 is 5.73 Å². The van der Waals surface area contributed by atoms with Crippen LogP contribution >= 0.6 is 0 Å². The minimum atomic E-state index is -3.07. The number of rotatable bonds is 8. The van der Waals surface area contributed by atoms with Crippen molar-refractivity contribution in [3.05, 3.63) is 0 Å². The van der Waals surface area contributed by atoms with Crippen molar-refractivity contribution in [2.24, 2.45) is 5.73 Å². The first kappa shape index (κ1) is 18.9. The summed E-state index contributed by atoms with van der Waals surface area (Å²) in [4.78, 5) is 2.23. The largest absolute Gasteiger partial charge is 0.329 e. The van der Waals surface area contributed by atoms with Gasteiger partial charge in [-0.1, -0.05) is 20.8 Å². The molecule has 0 heterocycles. The molecule has 0 rings (SSSR count). The molecule has 0 bridgehead atoms. The Hall–Kier alpha value is -0.130. The van der Waals surface area contributed by atoms with E-state index in [1.54, 1.807) is 20.8 Å². The van der Waals surface area contributed by atoms with Crippen LogP contribution in [-0.4, -0.2) is 49.0 Å². The fourth-order valence-electron chi connectivity index (χ4n) is 2.38.